The zero-order chi connectivity index (χ0) is 15.2. The van der Waals surface area contributed by atoms with Gasteiger partial charge < -0.3 is 5.32 Å². The summed E-state index contributed by atoms with van der Waals surface area (Å²) in [5.74, 6) is 3.58. The van der Waals surface area contributed by atoms with Crippen molar-refractivity contribution in [1.82, 2.24) is 5.32 Å². The molecule has 1 aromatic rings. The van der Waals surface area contributed by atoms with Crippen molar-refractivity contribution < 1.29 is 13.2 Å². The lowest BCUT2D eigenvalue weighted by atomic mass is 10.1. The molecule has 20 heavy (non-hydrogen) atoms. The van der Waals surface area contributed by atoms with E-state index in [0.717, 1.165) is 5.75 Å². The van der Waals surface area contributed by atoms with Gasteiger partial charge in [0.2, 0.25) is 0 Å². The Hall–Kier alpha value is -1.16. The van der Waals surface area contributed by atoms with Crippen molar-refractivity contribution in [1.29, 1.82) is 0 Å². The van der Waals surface area contributed by atoms with Crippen LogP contribution < -0.4 is 5.32 Å². The number of hydrogen-bond acceptors (Lipinski definition) is 4. The van der Waals surface area contributed by atoms with Crippen molar-refractivity contribution in [3.63, 3.8) is 0 Å². The fourth-order valence-corrected chi connectivity index (χ4v) is 2.85. The molecule has 7 heteroatoms. The van der Waals surface area contributed by atoms with Crippen LogP contribution in [0.3, 0.4) is 0 Å². The van der Waals surface area contributed by atoms with Crippen molar-refractivity contribution in [2.75, 3.05) is 18.1 Å². The highest BCUT2D eigenvalue weighted by Crippen LogP contribution is 2.18. The second kappa shape index (κ2) is 7.58. The molecule has 1 rings (SSSR count). The van der Waals surface area contributed by atoms with Gasteiger partial charge in [0.05, 0.1) is 10.6 Å². The summed E-state index contributed by atoms with van der Waals surface area (Å²) in [5, 5.41) is 2.75. The Morgan fingerprint density at radius 1 is 1.50 bits per heavy atom. The third-order valence-electron chi connectivity index (χ3n) is 2.44. The molecule has 0 bridgehead atoms. The average Bonchev–Trinajstić information content (AvgIpc) is 2.37. The first-order valence-electron chi connectivity index (χ1n) is 5.71. The summed E-state index contributed by atoms with van der Waals surface area (Å²) in [4.78, 5) is 11.9. The molecule has 0 radical (unpaired) electrons. The fourth-order valence-electron chi connectivity index (χ4n) is 1.51. The molecule has 0 aliphatic rings. The molecule has 4 nitrogen and oxygen atoms in total. The van der Waals surface area contributed by atoms with Crippen LogP contribution in [0.2, 0.25) is 0 Å². The van der Waals surface area contributed by atoms with E-state index in [1.165, 1.54) is 18.2 Å². The summed E-state index contributed by atoms with van der Waals surface area (Å²) >= 11 is 1.55. The van der Waals surface area contributed by atoms with Gasteiger partial charge in [-0.15, -0.1) is 18.2 Å². The van der Waals surface area contributed by atoms with Crippen LogP contribution in [0, 0.1) is 19.3 Å². The number of aryl methyl sites for hydroxylation is 1. The van der Waals surface area contributed by atoms with Crippen LogP contribution in [0.4, 0.5) is 0 Å². The molecule has 0 aliphatic heterocycles. The van der Waals surface area contributed by atoms with E-state index >= 15 is 0 Å². The lowest BCUT2D eigenvalue weighted by molar-refractivity contribution is 0.0955. The van der Waals surface area contributed by atoms with Crippen molar-refractivity contribution in [3.05, 3.63) is 29.3 Å². The Bertz CT molecular complexity index is 636. The minimum absolute atomic E-state index is 0.0159. The third kappa shape index (κ3) is 5.08. The number of thioether (sulfide) groups is 1. The minimum atomic E-state index is -3.78. The van der Waals surface area contributed by atoms with Crippen LogP contribution >= 0.6 is 22.4 Å². The predicted molar refractivity (Wildman–Crippen MR) is 82.7 cm³/mol. The molecule has 1 aromatic carbocycles. The van der Waals surface area contributed by atoms with Crippen LogP contribution in [-0.4, -0.2) is 32.4 Å². The van der Waals surface area contributed by atoms with Crippen molar-refractivity contribution in [2.45, 2.75) is 11.8 Å². The number of halogens is 1. The van der Waals surface area contributed by atoms with E-state index in [2.05, 4.69) is 11.2 Å². The van der Waals surface area contributed by atoms with Gasteiger partial charge in [-0.3, -0.25) is 4.79 Å². The largest absolute Gasteiger partial charge is 0.351 e. The van der Waals surface area contributed by atoms with Crippen LogP contribution in [-0.2, 0) is 9.05 Å². The van der Waals surface area contributed by atoms with Crippen molar-refractivity contribution in [2.24, 2.45) is 0 Å². The highest BCUT2D eigenvalue weighted by atomic mass is 35.7. The number of carbonyl (C=O) groups excluding carboxylic acids is 1. The second-order valence-electron chi connectivity index (χ2n) is 3.93. The van der Waals surface area contributed by atoms with E-state index in [-0.39, 0.29) is 10.8 Å². The molecule has 0 aromatic heterocycles. The number of nitrogens with one attached hydrogen (secondary N) is 1. The third-order valence-corrected chi connectivity index (χ3v) is 4.66. The van der Waals surface area contributed by atoms with Gasteiger partial charge in [0.25, 0.3) is 15.0 Å². The normalized spacial score (nSPS) is 10.8. The molecule has 0 fully saturated rings. The Morgan fingerprint density at radius 2 is 2.20 bits per heavy atom. The van der Waals surface area contributed by atoms with Gasteiger partial charge >= 0.3 is 0 Å². The number of hydrogen-bond donors (Lipinski definition) is 1. The van der Waals surface area contributed by atoms with E-state index < -0.39 is 9.05 Å². The average molecular weight is 332 g/mol. The maximum Gasteiger partial charge on any atom is 0.261 e. The van der Waals surface area contributed by atoms with Gasteiger partial charge in [-0.2, -0.15) is 0 Å². The van der Waals surface area contributed by atoms with Crippen molar-refractivity contribution in [3.8, 4) is 12.3 Å². The maximum absolute atomic E-state index is 11.9. The van der Waals surface area contributed by atoms with Crippen LogP contribution in [0.15, 0.2) is 23.1 Å². The highest BCUT2D eigenvalue weighted by molar-refractivity contribution is 8.13. The SMILES string of the molecule is C#CCSCCNC(=O)c1ccc(S(=O)(=O)Cl)cc1C. The molecule has 0 saturated carbocycles. The molecule has 0 heterocycles. The summed E-state index contributed by atoms with van der Waals surface area (Å²) in [7, 11) is 1.47. The molecule has 1 N–H and O–H groups in total. The van der Waals surface area contributed by atoms with E-state index in [1.807, 2.05) is 0 Å². The van der Waals surface area contributed by atoms with E-state index in [4.69, 9.17) is 17.1 Å². The Morgan fingerprint density at radius 3 is 2.75 bits per heavy atom. The van der Waals surface area contributed by atoms with Crippen molar-refractivity contribution >= 4 is 37.4 Å². The van der Waals surface area contributed by atoms with Gasteiger partial charge in [-0.1, -0.05) is 5.92 Å². The highest BCUT2D eigenvalue weighted by Gasteiger charge is 2.14. The van der Waals surface area contributed by atoms with Gasteiger partial charge in [-0.05, 0) is 30.7 Å². The molecule has 0 saturated heterocycles. The summed E-state index contributed by atoms with van der Waals surface area (Å²) in [6.45, 7) is 2.16. The molecular formula is C13H14ClNO3S2. The molecule has 108 valence electrons. The zero-order valence-electron chi connectivity index (χ0n) is 10.8. The number of terminal acetylenes is 1. The van der Waals surface area contributed by atoms with Crippen LogP contribution in [0.25, 0.3) is 0 Å². The van der Waals surface area contributed by atoms with Gasteiger partial charge in [0, 0.05) is 28.5 Å². The second-order valence-corrected chi connectivity index (χ2v) is 7.60. The van der Waals surface area contributed by atoms with E-state index in [0.29, 0.717) is 23.4 Å². The Labute approximate surface area is 127 Å². The predicted octanol–water partition coefficient (Wildman–Crippen LogP) is 2.02. The summed E-state index contributed by atoms with van der Waals surface area (Å²) in [5.41, 5.74) is 0.983. The number of benzene rings is 1. The van der Waals surface area contributed by atoms with Gasteiger partial charge in [-0.25, -0.2) is 8.42 Å². The fraction of sp³-hybridized carbons (Fsp3) is 0.308. The number of carbonyl (C=O) groups is 1. The molecule has 0 atom stereocenters. The molecule has 1 amide bonds. The van der Waals surface area contributed by atoms with Crippen LogP contribution in [0.5, 0.6) is 0 Å². The van der Waals surface area contributed by atoms with Gasteiger partial charge in [0.15, 0.2) is 0 Å². The number of amides is 1. The summed E-state index contributed by atoms with van der Waals surface area (Å²) < 4.78 is 22.4. The first kappa shape index (κ1) is 16.9. The van der Waals surface area contributed by atoms with Crippen LogP contribution in [0.1, 0.15) is 15.9 Å². The molecular weight excluding hydrogens is 318 g/mol. The lowest BCUT2D eigenvalue weighted by Crippen LogP contribution is -2.26. The van der Waals surface area contributed by atoms with Gasteiger partial charge in [0.1, 0.15) is 0 Å². The molecule has 0 aliphatic carbocycles. The molecule has 0 unspecified atom stereocenters. The smallest absolute Gasteiger partial charge is 0.261 e. The quantitative estimate of drug-likeness (QED) is 0.492. The minimum Gasteiger partial charge on any atom is -0.351 e. The molecule has 0 spiro atoms. The maximum atomic E-state index is 11.9. The number of rotatable bonds is 6. The lowest BCUT2D eigenvalue weighted by Gasteiger charge is -2.08. The first-order valence-corrected chi connectivity index (χ1v) is 9.17. The van der Waals surface area contributed by atoms with E-state index in [1.54, 1.807) is 18.7 Å². The van der Waals surface area contributed by atoms with E-state index in [9.17, 15) is 13.2 Å². The standard InChI is InChI=1S/C13H14ClNO3S2/c1-3-7-19-8-6-15-13(16)12-5-4-11(9-10(12)2)20(14,17)18/h1,4-5,9H,6-8H2,2H3,(H,15,16). The topological polar surface area (TPSA) is 63.2 Å². The Balaban J connectivity index is 2.68. The Kier molecular flexibility index (Phi) is 6.40. The summed E-state index contributed by atoms with van der Waals surface area (Å²) in [6, 6.07) is 4.15. The zero-order valence-corrected chi connectivity index (χ0v) is 13.2. The first-order chi connectivity index (χ1) is 9.36. The monoisotopic (exact) mass is 331 g/mol. The summed E-state index contributed by atoms with van der Waals surface area (Å²) in [6.07, 6.45) is 5.11.